The zero-order chi connectivity index (χ0) is 23.0. The highest BCUT2D eigenvalue weighted by atomic mass is 31.1. The Morgan fingerprint density at radius 1 is 0.844 bits per heavy atom. The Balaban J connectivity index is 1.73. The molecule has 2 heterocycles. The van der Waals surface area contributed by atoms with Crippen molar-refractivity contribution >= 4 is 24.4 Å². The second kappa shape index (κ2) is 12.4. The molecule has 1 fully saturated rings. The summed E-state index contributed by atoms with van der Waals surface area (Å²) < 4.78 is 22.5. The molecule has 4 unspecified atom stereocenters. The van der Waals surface area contributed by atoms with Crippen LogP contribution in [-0.2, 0) is 4.74 Å². The van der Waals surface area contributed by atoms with Gasteiger partial charge in [0.25, 0.3) is 0 Å². The van der Waals surface area contributed by atoms with Gasteiger partial charge in [-0.1, -0.05) is 12.8 Å². The number of ether oxygens (including phenoxy) is 4. The number of fused-ring (bicyclic) bond motifs is 5. The van der Waals surface area contributed by atoms with E-state index in [0.717, 1.165) is 58.5 Å². The van der Waals surface area contributed by atoms with Gasteiger partial charge in [-0.3, -0.25) is 0 Å². The highest BCUT2D eigenvalue weighted by molar-refractivity contribution is 7.40. The van der Waals surface area contributed by atoms with Gasteiger partial charge in [0.2, 0.25) is 5.75 Å². The van der Waals surface area contributed by atoms with E-state index in [1.54, 1.807) is 26.4 Å². The van der Waals surface area contributed by atoms with Gasteiger partial charge in [-0.15, -0.1) is 18.5 Å². The Hall–Kier alpha value is -1.13. The molecule has 4 atom stereocenters. The van der Waals surface area contributed by atoms with Gasteiger partial charge in [0.15, 0.2) is 11.5 Å². The lowest BCUT2D eigenvalue weighted by atomic mass is 10.1. The van der Waals surface area contributed by atoms with Crippen LogP contribution in [0.5, 0.6) is 17.2 Å². The summed E-state index contributed by atoms with van der Waals surface area (Å²) in [6.45, 7) is 7.18. The van der Waals surface area contributed by atoms with Gasteiger partial charge >= 0.3 is 5.97 Å². The molecule has 0 aliphatic carbocycles. The molecule has 4 bridgehead atoms. The van der Waals surface area contributed by atoms with Crippen LogP contribution in [0, 0.1) is 0 Å². The molecule has 1 aromatic rings. The van der Waals surface area contributed by atoms with Gasteiger partial charge < -0.3 is 28.7 Å². The van der Waals surface area contributed by atoms with Crippen LogP contribution >= 0.6 is 18.5 Å². The number of benzene rings is 1. The molecule has 3 rings (SSSR count). The third kappa shape index (κ3) is 7.45. The second-order valence-corrected chi connectivity index (χ2v) is 11.7. The monoisotopic (exact) mass is 484 g/mol. The maximum absolute atomic E-state index is 12.7. The predicted octanol–water partition coefficient (Wildman–Crippen LogP) is 3.27. The molecule has 7 nitrogen and oxygen atoms in total. The maximum atomic E-state index is 12.7. The SMILES string of the molecule is COc1cc2cc(c1OC)OCCCCCCN1CCN(CCCOC2=O)CC(P)(P)C1. The Bertz CT molecular complexity index is 762. The van der Waals surface area contributed by atoms with Crippen LogP contribution in [0.15, 0.2) is 12.1 Å². The molecular weight excluding hydrogens is 446 g/mol. The first kappa shape index (κ1) is 25.5. The Morgan fingerprint density at radius 2 is 1.50 bits per heavy atom. The maximum Gasteiger partial charge on any atom is 0.338 e. The summed E-state index contributed by atoms with van der Waals surface area (Å²) in [4.78, 5) is 17.8. The first-order valence-electron chi connectivity index (χ1n) is 11.5. The number of hydrogen-bond acceptors (Lipinski definition) is 7. The fraction of sp³-hybridized carbons (Fsp3) is 0.696. The summed E-state index contributed by atoms with van der Waals surface area (Å²) >= 11 is 0. The summed E-state index contributed by atoms with van der Waals surface area (Å²) in [6, 6.07) is 3.34. The van der Waals surface area contributed by atoms with E-state index in [4.69, 9.17) is 18.9 Å². The van der Waals surface area contributed by atoms with Crippen molar-refractivity contribution in [3.05, 3.63) is 17.7 Å². The van der Waals surface area contributed by atoms with Crippen molar-refractivity contribution < 1.29 is 23.7 Å². The first-order chi connectivity index (χ1) is 15.4. The summed E-state index contributed by atoms with van der Waals surface area (Å²) in [5.74, 6) is 1.11. The Kier molecular flexibility index (Phi) is 9.85. The standard InChI is InChI=1S/C23H38N2O5P2/c1-27-19-14-18-15-20(21(19)28-2)29-12-6-4-3-5-8-24-10-11-25(17-23(31,32)16-24)9-7-13-30-22(18)26/h14-15H,3-13,16-17,31-32H2,1-2H3. The quantitative estimate of drug-likeness (QED) is 0.472. The largest absolute Gasteiger partial charge is 0.493 e. The van der Waals surface area contributed by atoms with E-state index in [2.05, 4.69) is 28.3 Å². The van der Waals surface area contributed by atoms with Crippen molar-refractivity contribution in [3.63, 3.8) is 0 Å². The van der Waals surface area contributed by atoms with E-state index >= 15 is 0 Å². The minimum absolute atomic E-state index is 0.0951. The number of cyclic esters (lactones) is 1. The van der Waals surface area contributed by atoms with E-state index in [0.29, 0.717) is 36.0 Å². The van der Waals surface area contributed by atoms with Gasteiger partial charge in [0.05, 0.1) is 33.0 Å². The van der Waals surface area contributed by atoms with Crippen molar-refractivity contribution in [2.24, 2.45) is 0 Å². The van der Waals surface area contributed by atoms with Crippen LogP contribution in [0.3, 0.4) is 0 Å². The fourth-order valence-corrected chi connectivity index (χ4v) is 5.40. The summed E-state index contributed by atoms with van der Waals surface area (Å²) in [6.07, 6.45) is 5.23. The van der Waals surface area contributed by atoms with E-state index in [-0.39, 0.29) is 10.9 Å². The molecule has 0 aromatic heterocycles. The van der Waals surface area contributed by atoms with Crippen molar-refractivity contribution in [2.45, 2.75) is 37.0 Å². The van der Waals surface area contributed by atoms with Gasteiger partial charge in [0.1, 0.15) is 0 Å². The third-order valence-corrected chi connectivity index (χ3v) is 6.66. The molecule has 9 heteroatoms. The lowest BCUT2D eigenvalue weighted by molar-refractivity contribution is 0.0487. The lowest BCUT2D eigenvalue weighted by Gasteiger charge is -2.30. The van der Waals surface area contributed by atoms with Crippen LogP contribution in [0.1, 0.15) is 42.5 Å². The normalized spacial score (nSPS) is 25.3. The number of carbonyl (C=O) groups excluding carboxylic acids is 1. The Morgan fingerprint density at radius 3 is 2.19 bits per heavy atom. The van der Waals surface area contributed by atoms with Crippen molar-refractivity contribution in [1.29, 1.82) is 0 Å². The molecule has 2 aliphatic rings. The van der Waals surface area contributed by atoms with Crippen molar-refractivity contribution in [1.82, 2.24) is 9.80 Å². The number of carbonyl (C=O) groups is 1. The molecular formula is C23H38N2O5P2. The number of rotatable bonds is 2. The van der Waals surface area contributed by atoms with Crippen molar-refractivity contribution in [3.8, 4) is 17.2 Å². The van der Waals surface area contributed by atoms with Crippen LogP contribution in [0.25, 0.3) is 0 Å². The highest BCUT2D eigenvalue weighted by Crippen LogP contribution is 2.39. The summed E-state index contributed by atoms with van der Waals surface area (Å²) in [5.41, 5.74) is 0.412. The number of methoxy groups -OCH3 is 2. The smallest absolute Gasteiger partial charge is 0.338 e. The third-order valence-electron chi connectivity index (χ3n) is 5.93. The van der Waals surface area contributed by atoms with Gasteiger partial charge in [-0.2, -0.15) is 0 Å². The molecule has 1 saturated heterocycles. The molecule has 0 radical (unpaired) electrons. The topological polar surface area (TPSA) is 60.5 Å². The molecule has 0 N–H and O–H groups in total. The number of hydrogen-bond donors (Lipinski definition) is 0. The van der Waals surface area contributed by atoms with Crippen LogP contribution in [0.4, 0.5) is 0 Å². The Labute approximate surface area is 196 Å². The van der Waals surface area contributed by atoms with Crippen LogP contribution in [-0.4, -0.2) is 87.4 Å². The van der Waals surface area contributed by atoms with E-state index in [1.165, 1.54) is 12.8 Å². The first-order valence-corrected chi connectivity index (χ1v) is 12.7. The fourth-order valence-electron chi connectivity index (χ4n) is 4.37. The van der Waals surface area contributed by atoms with Crippen LogP contribution in [0.2, 0.25) is 0 Å². The molecule has 0 amide bonds. The lowest BCUT2D eigenvalue weighted by Crippen LogP contribution is -2.37. The van der Waals surface area contributed by atoms with E-state index in [9.17, 15) is 4.79 Å². The van der Waals surface area contributed by atoms with Gasteiger partial charge in [0, 0.05) is 37.6 Å². The highest BCUT2D eigenvalue weighted by Gasteiger charge is 2.28. The number of esters is 1. The average molecular weight is 485 g/mol. The summed E-state index contributed by atoms with van der Waals surface area (Å²) in [5, 5.41) is 0. The predicted molar refractivity (Wildman–Crippen MR) is 133 cm³/mol. The molecule has 0 spiro atoms. The zero-order valence-corrected chi connectivity index (χ0v) is 21.7. The van der Waals surface area contributed by atoms with Gasteiger partial charge in [-0.05, 0) is 37.9 Å². The molecule has 2 aliphatic heterocycles. The molecule has 0 saturated carbocycles. The zero-order valence-electron chi connectivity index (χ0n) is 19.4. The average Bonchev–Trinajstić information content (AvgIpc) is 2.91. The minimum atomic E-state index is -0.373. The van der Waals surface area contributed by atoms with Crippen molar-refractivity contribution in [2.75, 3.05) is 66.7 Å². The molecule has 1 aromatic carbocycles. The van der Waals surface area contributed by atoms with E-state index in [1.807, 2.05) is 0 Å². The number of nitrogens with zero attached hydrogens (tertiary/aromatic N) is 2. The van der Waals surface area contributed by atoms with Gasteiger partial charge in [-0.25, -0.2) is 4.79 Å². The minimum Gasteiger partial charge on any atom is -0.493 e. The molecule has 180 valence electrons. The van der Waals surface area contributed by atoms with Crippen LogP contribution < -0.4 is 14.2 Å². The summed E-state index contributed by atoms with van der Waals surface area (Å²) in [7, 11) is 9.18. The second-order valence-electron chi connectivity index (χ2n) is 8.75. The molecule has 32 heavy (non-hydrogen) atoms. The van der Waals surface area contributed by atoms with E-state index < -0.39 is 0 Å².